The summed E-state index contributed by atoms with van der Waals surface area (Å²) in [5.41, 5.74) is 0.638. The lowest BCUT2D eigenvalue weighted by molar-refractivity contribution is 0.101. The molecule has 24 heavy (non-hydrogen) atoms. The van der Waals surface area contributed by atoms with Crippen LogP contribution in [0.25, 0.3) is 0 Å². The van der Waals surface area contributed by atoms with Crippen LogP contribution in [0.2, 0.25) is 0 Å². The molecule has 1 atom stereocenters. The van der Waals surface area contributed by atoms with Gasteiger partial charge in [0.05, 0.1) is 19.9 Å². The molecule has 0 aromatic heterocycles. The van der Waals surface area contributed by atoms with Crippen molar-refractivity contribution in [2.75, 3.05) is 19.9 Å². The van der Waals surface area contributed by atoms with Crippen molar-refractivity contribution in [3.63, 3.8) is 0 Å². The van der Waals surface area contributed by atoms with Crippen LogP contribution in [0.5, 0.6) is 11.5 Å². The standard InChI is InChI=1S/C19H23O4P/c1-3-4-14-22-24(23-18-8-6-5-7-9-18)15-19(20)16-10-12-17(21-2)13-11-16/h5-13H,3-4,14-15H2,1-2H3. The zero-order valence-electron chi connectivity index (χ0n) is 14.1. The van der Waals surface area contributed by atoms with Crippen LogP contribution in [0.1, 0.15) is 30.1 Å². The van der Waals surface area contributed by atoms with Crippen LogP contribution < -0.4 is 9.26 Å². The Labute approximate surface area is 144 Å². The maximum Gasteiger partial charge on any atom is 0.238 e. The Bertz CT molecular complexity index is 613. The van der Waals surface area contributed by atoms with Gasteiger partial charge in [0.1, 0.15) is 11.5 Å². The second-order valence-corrected chi connectivity index (χ2v) is 6.66. The van der Waals surface area contributed by atoms with E-state index in [0.717, 1.165) is 24.3 Å². The summed E-state index contributed by atoms with van der Waals surface area (Å²) in [5.74, 6) is 1.47. The number of ether oxygens (including phenoxy) is 1. The zero-order valence-corrected chi connectivity index (χ0v) is 15.0. The van der Waals surface area contributed by atoms with Gasteiger partial charge in [-0.15, -0.1) is 0 Å². The Morgan fingerprint density at radius 3 is 2.33 bits per heavy atom. The van der Waals surface area contributed by atoms with Crippen molar-refractivity contribution in [1.29, 1.82) is 0 Å². The number of carbonyl (C=O) groups excluding carboxylic acids is 1. The molecule has 0 spiro atoms. The summed E-state index contributed by atoms with van der Waals surface area (Å²) in [6.07, 6.45) is 2.23. The highest BCUT2D eigenvalue weighted by atomic mass is 31.2. The Morgan fingerprint density at radius 1 is 1.00 bits per heavy atom. The van der Waals surface area contributed by atoms with Crippen molar-refractivity contribution >= 4 is 14.2 Å². The molecule has 0 saturated heterocycles. The molecule has 0 aliphatic rings. The minimum absolute atomic E-state index is 0.0104. The van der Waals surface area contributed by atoms with E-state index in [1.165, 1.54) is 0 Å². The highest BCUT2D eigenvalue weighted by molar-refractivity contribution is 7.48. The largest absolute Gasteiger partial charge is 0.497 e. The third-order valence-corrected chi connectivity index (χ3v) is 4.80. The summed E-state index contributed by atoms with van der Waals surface area (Å²) in [4.78, 5) is 12.5. The lowest BCUT2D eigenvalue weighted by Crippen LogP contribution is -2.09. The van der Waals surface area contributed by atoms with Gasteiger partial charge in [0.25, 0.3) is 0 Å². The zero-order chi connectivity index (χ0) is 17.2. The molecule has 2 rings (SSSR count). The van der Waals surface area contributed by atoms with Crippen LogP contribution >= 0.6 is 8.38 Å². The van der Waals surface area contributed by atoms with Crippen LogP contribution in [0.3, 0.4) is 0 Å². The molecule has 4 nitrogen and oxygen atoms in total. The normalized spacial score (nSPS) is 11.8. The van der Waals surface area contributed by atoms with Crippen LogP contribution in [0.15, 0.2) is 54.6 Å². The molecule has 0 amide bonds. The number of unbranched alkanes of at least 4 members (excludes halogenated alkanes) is 1. The third-order valence-electron chi connectivity index (χ3n) is 3.37. The first-order chi connectivity index (χ1) is 11.7. The lowest BCUT2D eigenvalue weighted by Gasteiger charge is -2.17. The van der Waals surface area contributed by atoms with E-state index in [9.17, 15) is 4.79 Å². The fourth-order valence-corrected chi connectivity index (χ4v) is 3.31. The second kappa shape index (κ2) is 10.1. The maximum absolute atomic E-state index is 12.5. The first-order valence-corrected chi connectivity index (χ1v) is 9.40. The van der Waals surface area contributed by atoms with Gasteiger partial charge >= 0.3 is 0 Å². The van der Waals surface area contributed by atoms with E-state index in [1.54, 1.807) is 31.4 Å². The van der Waals surface area contributed by atoms with Gasteiger partial charge in [-0.2, -0.15) is 0 Å². The van der Waals surface area contributed by atoms with E-state index in [4.69, 9.17) is 13.8 Å². The van der Waals surface area contributed by atoms with Crippen LogP contribution in [-0.2, 0) is 4.52 Å². The van der Waals surface area contributed by atoms with E-state index in [2.05, 4.69) is 6.92 Å². The molecule has 5 heteroatoms. The molecule has 1 unspecified atom stereocenters. The van der Waals surface area contributed by atoms with E-state index in [1.807, 2.05) is 30.3 Å². The number of Topliss-reactive ketones (excluding diaryl/α,β-unsaturated/α-hetero) is 1. The number of hydrogen-bond donors (Lipinski definition) is 0. The summed E-state index contributed by atoms with van der Waals surface area (Å²) < 4.78 is 16.8. The number of para-hydroxylation sites is 1. The fourth-order valence-electron chi connectivity index (χ4n) is 2.00. The van der Waals surface area contributed by atoms with Gasteiger partial charge in [0.2, 0.25) is 8.38 Å². The number of carbonyl (C=O) groups is 1. The molecule has 0 radical (unpaired) electrons. The molecule has 2 aromatic rings. The monoisotopic (exact) mass is 346 g/mol. The Kier molecular flexibility index (Phi) is 7.73. The molecule has 0 heterocycles. The van der Waals surface area contributed by atoms with Gasteiger partial charge in [-0.25, -0.2) is 0 Å². The van der Waals surface area contributed by atoms with E-state index in [-0.39, 0.29) is 11.9 Å². The maximum atomic E-state index is 12.5. The van der Waals surface area contributed by atoms with Gasteiger partial charge in [-0.05, 0) is 42.8 Å². The average molecular weight is 346 g/mol. The molecule has 0 saturated carbocycles. The van der Waals surface area contributed by atoms with Gasteiger partial charge in [0, 0.05) is 5.56 Å². The topological polar surface area (TPSA) is 44.8 Å². The minimum atomic E-state index is -1.30. The summed E-state index contributed by atoms with van der Waals surface area (Å²) in [7, 11) is 0.299. The average Bonchev–Trinajstić information content (AvgIpc) is 2.62. The summed E-state index contributed by atoms with van der Waals surface area (Å²) >= 11 is 0. The Balaban J connectivity index is 2.00. The van der Waals surface area contributed by atoms with Crippen LogP contribution in [-0.4, -0.2) is 25.7 Å². The Hall–Kier alpha value is -1.90. The van der Waals surface area contributed by atoms with E-state index < -0.39 is 8.38 Å². The predicted octanol–water partition coefficient (Wildman–Crippen LogP) is 5.09. The Morgan fingerprint density at radius 2 is 1.71 bits per heavy atom. The molecule has 0 N–H and O–H groups in total. The number of ketones is 1. The van der Waals surface area contributed by atoms with Crippen molar-refractivity contribution in [2.24, 2.45) is 0 Å². The highest BCUT2D eigenvalue weighted by Crippen LogP contribution is 2.40. The third kappa shape index (κ3) is 5.95. The molecule has 0 aliphatic carbocycles. The SMILES string of the molecule is CCCCOP(CC(=O)c1ccc(OC)cc1)Oc1ccccc1. The van der Waals surface area contributed by atoms with Gasteiger partial charge < -0.3 is 13.8 Å². The minimum Gasteiger partial charge on any atom is -0.497 e. The number of rotatable bonds is 10. The van der Waals surface area contributed by atoms with Crippen LogP contribution in [0.4, 0.5) is 0 Å². The van der Waals surface area contributed by atoms with Gasteiger partial charge in [-0.3, -0.25) is 4.79 Å². The highest BCUT2D eigenvalue weighted by Gasteiger charge is 2.19. The van der Waals surface area contributed by atoms with Crippen molar-refractivity contribution in [3.05, 3.63) is 60.2 Å². The van der Waals surface area contributed by atoms with Crippen molar-refractivity contribution in [3.8, 4) is 11.5 Å². The van der Waals surface area contributed by atoms with E-state index in [0.29, 0.717) is 12.2 Å². The van der Waals surface area contributed by atoms with Crippen molar-refractivity contribution in [1.82, 2.24) is 0 Å². The molecular formula is C19H23O4P. The molecule has 0 fully saturated rings. The summed E-state index contributed by atoms with van der Waals surface area (Å²) in [6, 6.07) is 16.6. The van der Waals surface area contributed by atoms with Crippen LogP contribution in [0, 0.1) is 0 Å². The number of methoxy groups -OCH3 is 1. The lowest BCUT2D eigenvalue weighted by atomic mass is 10.1. The first-order valence-electron chi connectivity index (χ1n) is 8.03. The van der Waals surface area contributed by atoms with E-state index >= 15 is 0 Å². The first kappa shape index (κ1) is 18.4. The van der Waals surface area contributed by atoms with Crippen molar-refractivity contribution in [2.45, 2.75) is 19.8 Å². The van der Waals surface area contributed by atoms with Crippen molar-refractivity contribution < 1.29 is 18.6 Å². The smallest absolute Gasteiger partial charge is 0.238 e. The molecular weight excluding hydrogens is 323 g/mol. The number of hydrogen-bond acceptors (Lipinski definition) is 4. The fraction of sp³-hybridized carbons (Fsp3) is 0.316. The quantitative estimate of drug-likeness (QED) is 0.342. The summed E-state index contributed by atoms with van der Waals surface area (Å²) in [5, 5.41) is 0. The second-order valence-electron chi connectivity index (χ2n) is 5.23. The molecule has 0 bridgehead atoms. The predicted molar refractivity (Wildman–Crippen MR) is 97.0 cm³/mol. The van der Waals surface area contributed by atoms with Gasteiger partial charge in [0.15, 0.2) is 5.78 Å². The molecule has 2 aromatic carbocycles. The van der Waals surface area contributed by atoms with Gasteiger partial charge in [-0.1, -0.05) is 31.5 Å². The number of benzene rings is 2. The molecule has 0 aliphatic heterocycles. The summed E-state index contributed by atoms with van der Waals surface area (Å²) in [6.45, 7) is 2.71. The molecule has 128 valence electrons.